The number of aromatic nitrogens is 2. The van der Waals surface area contributed by atoms with Gasteiger partial charge >= 0.3 is 17.7 Å². The summed E-state index contributed by atoms with van der Waals surface area (Å²) in [6.45, 7) is 3.48. The number of alkyl halides is 3. The zero-order valence-electron chi connectivity index (χ0n) is 16.7. The molecular weight excluding hydrogens is 445 g/mol. The molecule has 32 heavy (non-hydrogen) atoms. The molecule has 0 aliphatic heterocycles. The molecule has 2 heterocycles. The molecule has 0 unspecified atom stereocenters. The van der Waals surface area contributed by atoms with Gasteiger partial charge in [-0.2, -0.15) is 26.9 Å². The van der Waals surface area contributed by atoms with E-state index in [9.17, 15) is 23.2 Å². The van der Waals surface area contributed by atoms with Crippen LogP contribution in [-0.4, -0.2) is 24.3 Å². The number of carbonyl (C=O) groups is 1. The number of hydrogen-bond donors (Lipinski definition) is 1. The molecule has 0 aliphatic carbocycles. The van der Waals surface area contributed by atoms with Gasteiger partial charge in [-0.05, 0) is 44.2 Å². The van der Waals surface area contributed by atoms with Crippen molar-refractivity contribution in [1.82, 2.24) is 9.97 Å². The quantitative estimate of drug-likeness (QED) is 0.626. The molecule has 1 aromatic carbocycles. The van der Waals surface area contributed by atoms with Gasteiger partial charge in [-0.15, -0.1) is 0 Å². The molecule has 1 N–H and O–H groups in total. The number of carbonyl (C=O) groups excluding carboxylic acids is 1. The van der Waals surface area contributed by atoms with Crippen molar-refractivity contribution in [2.24, 2.45) is 0 Å². The summed E-state index contributed by atoms with van der Waals surface area (Å²) in [6, 6.07) is 9.55. The van der Waals surface area contributed by atoms with Gasteiger partial charge in [0.15, 0.2) is 0 Å². The minimum atomic E-state index is -4.54. The maximum Gasteiger partial charge on any atom is 0.416 e. The molecule has 3 rings (SSSR count). The van der Waals surface area contributed by atoms with Crippen LogP contribution in [0.5, 0.6) is 0 Å². The number of anilines is 1. The first kappa shape index (κ1) is 24.4. The van der Waals surface area contributed by atoms with E-state index in [0.717, 1.165) is 12.1 Å². The average molecular weight is 460 g/mol. The molecule has 7 nitrogen and oxygen atoms in total. The van der Waals surface area contributed by atoms with Crippen LogP contribution in [0.4, 0.5) is 18.9 Å². The smallest absolute Gasteiger partial charge is 0.321 e. The van der Waals surface area contributed by atoms with E-state index in [1.165, 1.54) is 18.3 Å². The van der Waals surface area contributed by atoms with E-state index in [4.69, 9.17) is 8.42 Å². The highest BCUT2D eigenvalue weighted by atomic mass is 32.1. The highest BCUT2D eigenvalue weighted by Crippen LogP contribution is 2.30. The second-order valence-corrected chi connectivity index (χ2v) is 6.56. The van der Waals surface area contributed by atoms with Gasteiger partial charge in [-0.1, -0.05) is 6.07 Å². The molecular formula is C21H15F3N4O3S. The van der Waals surface area contributed by atoms with Crippen LogP contribution in [0.3, 0.4) is 0 Å². The lowest BCUT2D eigenvalue weighted by molar-refractivity contribution is -0.137. The Kier molecular flexibility index (Phi) is 7.92. The summed E-state index contributed by atoms with van der Waals surface area (Å²) in [5, 5.41) is 11.8. The molecule has 0 radical (unpaired) electrons. The molecule has 3 aromatic rings. The van der Waals surface area contributed by atoms with Gasteiger partial charge < -0.3 is 5.32 Å². The Labute approximate surface area is 184 Å². The third-order valence-electron chi connectivity index (χ3n) is 4.32. The summed E-state index contributed by atoms with van der Waals surface area (Å²) in [7, 11) is 0. The van der Waals surface area contributed by atoms with Crippen molar-refractivity contribution < 1.29 is 26.4 Å². The number of rotatable bonds is 3. The Morgan fingerprint density at radius 3 is 2.34 bits per heavy atom. The normalized spacial score (nSPS) is 10.4. The fraction of sp³-hybridized carbons (Fsp3) is 0.143. The van der Waals surface area contributed by atoms with Gasteiger partial charge in [0.2, 0.25) is 0 Å². The van der Waals surface area contributed by atoms with Gasteiger partial charge in [0.05, 0.1) is 28.7 Å². The van der Waals surface area contributed by atoms with Crippen molar-refractivity contribution >= 4 is 23.2 Å². The van der Waals surface area contributed by atoms with Crippen LogP contribution in [0.2, 0.25) is 0 Å². The lowest BCUT2D eigenvalue weighted by Crippen LogP contribution is -2.14. The Balaban J connectivity index is 0.00000114. The van der Waals surface area contributed by atoms with E-state index >= 15 is 0 Å². The molecule has 0 atom stereocenters. The minimum Gasteiger partial charge on any atom is -0.321 e. The SMILES string of the molecule is Cc1ncc(-c2cc(NC(=O)c3cccc(C(F)(F)F)c3)cnc2C)cc1C#N.O=S=O. The lowest BCUT2D eigenvalue weighted by atomic mass is 10.0. The minimum absolute atomic E-state index is 0.120. The van der Waals surface area contributed by atoms with Crippen LogP contribution in [0.25, 0.3) is 11.1 Å². The summed E-state index contributed by atoms with van der Waals surface area (Å²) < 4.78 is 55.2. The van der Waals surface area contributed by atoms with E-state index in [-0.39, 0.29) is 5.56 Å². The Morgan fingerprint density at radius 1 is 1.06 bits per heavy atom. The zero-order chi connectivity index (χ0) is 23.9. The number of nitrogens with zero attached hydrogens (tertiary/aromatic N) is 3. The molecule has 164 valence electrons. The van der Waals surface area contributed by atoms with Gasteiger partial charge in [0.1, 0.15) is 6.07 Å². The predicted molar refractivity (Wildman–Crippen MR) is 110 cm³/mol. The fourth-order valence-electron chi connectivity index (χ4n) is 2.73. The van der Waals surface area contributed by atoms with E-state index in [1.54, 1.807) is 32.2 Å². The number of halogens is 3. The summed E-state index contributed by atoms with van der Waals surface area (Å²) in [5.41, 5.74) is 2.25. The van der Waals surface area contributed by atoms with Gasteiger partial charge in [-0.25, -0.2) is 0 Å². The highest BCUT2D eigenvalue weighted by Gasteiger charge is 2.30. The zero-order valence-corrected chi connectivity index (χ0v) is 17.5. The number of hydrogen-bond acceptors (Lipinski definition) is 6. The number of aryl methyl sites for hydroxylation is 2. The van der Waals surface area contributed by atoms with E-state index in [0.29, 0.717) is 33.8 Å². The molecule has 1 amide bonds. The van der Waals surface area contributed by atoms with Crippen LogP contribution >= 0.6 is 0 Å². The third-order valence-corrected chi connectivity index (χ3v) is 4.32. The Bertz CT molecular complexity index is 1230. The van der Waals surface area contributed by atoms with Crippen molar-refractivity contribution in [3.63, 3.8) is 0 Å². The summed E-state index contributed by atoms with van der Waals surface area (Å²) in [4.78, 5) is 20.8. The maximum atomic E-state index is 12.9. The van der Waals surface area contributed by atoms with Gasteiger partial charge in [0, 0.05) is 28.6 Å². The van der Waals surface area contributed by atoms with Crippen molar-refractivity contribution in [3.8, 4) is 17.2 Å². The molecule has 11 heteroatoms. The molecule has 2 aromatic heterocycles. The van der Waals surface area contributed by atoms with E-state index < -0.39 is 29.2 Å². The maximum absolute atomic E-state index is 12.9. The number of amides is 1. The highest BCUT2D eigenvalue weighted by molar-refractivity contribution is 7.51. The predicted octanol–water partition coefficient (Wildman–Crippen LogP) is 4.23. The summed E-state index contributed by atoms with van der Waals surface area (Å²) >= 11 is -0.750. The Hall–Kier alpha value is -3.91. The van der Waals surface area contributed by atoms with Crippen LogP contribution in [0.1, 0.15) is 32.9 Å². The van der Waals surface area contributed by atoms with Gasteiger partial charge in [0.25, 0.3) is 5.91 Å². The molecule has 0 spiro atoms. The van der Waals surface area contributed by atoms with Crippen molar-refractivity contribution in [2.45, 2.75) is 20.0 Å². The largest absolute Gasteiger partial charge is 0.416 e. The third kappa shape index (κ3) is 6.05. The van der Waals surface area contributed by atoms with Crippen LogP contribution in [0, 0.1) is 25.2 Å². The Morgan fingerprint density at radius 2 is 1.72 bits per heavy atom. The number of pyridine rings is 2. The van der Waals surface area contributed by atoms with Crippen molar-refractivity contribution in [3.05, 3.63) is 76.9 Å². The average Bonchev–Trinajstić information content (AvgIpc) is 2.75. The molecule has 0 saturated carbocycles. The first-order chi connectivity index (χ1) is 15.1. The second kappa shape index (κ2) is 10.4. The van der Waals surface area contributed by atoms with E-state index in [2.05, 4.69) is 21.4 Å². The number of nitriles is 1. The first-order valence-electron chi connectivity index (χ1n) is 8.85. The molecule has 0 bridgehead atoms. The van der Waals surface area contributed by atoms with Crippen molar-refractivity contribution in [1.29, 1.82) is 5.26 Å². The second-order valence-electron chi connectivity index (χ2n) is 6.43. The number of nitrogens with one attached hydrogen (secondary N) is 1. The molecule has 0 aliphatic rings. The number of benzene rings is 1. The van der Waals surface area contributed by atoms with Gasteiger partial charge in [-0.3, -0.25) is 14.8 Å². The fourth-order valence-corrected chi connectivity index (χ4v) is 2.73. The lowest BCUT2D eigenvalue weighted by Gasteiger charge is -2.11. The first-order valence-corrected chi connectivity index (χ1v) is 9.51. The van der Waals surface area contributed by atoms with Crippen LogP contribution in [-0.2, 0) is 17.7 Å². The van der Waals surface area contributed by atoms with Crippen LogP contribution in [0.15, 0.2) is 48.8 Å². The summed E-state index contributed by atoms with van der Waals surface area (Å²) in [5.74, 6) is -0.688. The van der Waals surface area contributed by atoms with E-state index in [1.807, 2.05) is 0 Å². The topological polar surface area (TPSA) is 113 Å². The monoisotopic (exact) mass is 460 g/mol. The molecule has 0 saturated heterocycles. The van der Waals surface area contributed by atoms with Crippen LogP contribution < -0.4 is 5.32 Å². The summed E-state index contributed by atoms with van der Waals surface area (Å²) in [6.07, 6.45) is -1.53. The standard InChI is InChI=1S/C21H15F3N4O.O2S/c1-12-15(9-25)6-16(10-26-12)19-8-18(11-27-13(19)2)28-20(29)14-4-3-5-17(7-14)21(22,23)24;1-3-2/h3-8,10-11H,1-2H3,(H,28,29);. The van der Waals surface area contributed by atoms with Crippen molar-refractivity contribution in [2.75, 3.05) is 5.32 Å². The molecule has 0 fully saturated rings.